The fraction of sp³-hybridized carbons (Fsp3) is 0.0870. The molecule has 0 aromatic heterocycles. The van der Waals surface area contributed by atoms with Gasteiger partial charge in [0.25, 0.3) is 5.91 Å². The number of halogens is 1. The maximum absolute atomic E-state index is 12.1. The van der Waals surface area contributed by atoms with Gasteiger partial charge in [-0.3, -0.25) is 9.59 Å². The van der Waals surface area contributed by atoms with Crippen LogP contribution in [0.5, 0.6) is 5.75 Å². The predicted molar refractivity (Wildman–Crippen MR) is 118 cm³/mol. The van der Waals surface area contributed by atoms with Crippen LogP contribution in [-0.4, -0.2) is 18.0 Å². The fourth-order valence-corrected chi connectivity index (χ4v) is 2.79. The van der Waals surface area contributed by atoms with E-state index in [1.54, 1.807) is 30.5 Å². The summed E-state index contributed by atoms with van der Waals surface area (Å²) in [6.45, 7) is 1.85. The van der Waals surface area contributed by atoms with Gasteiger partial charge in [-0.05, 0) is 71.8 Å². The van der Waals surface area contributed by atoms with Gasteiger partial charge in [0.15, 0.2) is 0 Å². The number of nitrogens with zero attached hydrogens (tertiary/aromatic N) is 1. The second-order valence-corrected chi connectivity index (χ2v) is 6.88. The Morgan fingerprint density at radius 2 is 1.77 bits per heavy atom. The molecule has 0 aliphatic carbocycles. The lowest BCUT2D eigenvalue weighted by atomic mass is 10.2. The molecule has 6 nitrogen and oxygen atoms in total. The van der Waals surface area contributed by atoms with Crippen molar-refractivity contribution in [1.82, 2.24) is 5.43 Å². The Morgan fingerprint density at radius 1 is 1.03 bits per heavy atom. The maximum atomic E-state index is 12.1. The maximum Gasteiger partial charge on any atom is 0.271 e. The first-order chi connectivity index (χ1) is 14.5. The number of hydrogen-bond donors (Lipinski definition) is 2. The highest BCUT2D eigenvalue weighted by Gasteiger charge is 2.04. The Hall–Kier alpha value is -3.64. The molecule has 3 aromatic rings. The number of carbonyl (C=O) groups excluding carboxylic acids is 2. The molecular weight excluding hydrogens is 402 g/mol. The zero-order valence-corrected chi connectivity index (χ0v) is 17.0. The van der Waals surface area contributed by atoms with E-state index in [0.29, 0.717) is 22.9 Å². The number of hydrazone groups is 1. The van der Waals surface area contributed by atoms with Crippen LogP contribution < -0.4 is 15.5 Å². The quantitative estimate of drug-likeness (QED) is 0.430. The second kappa shape index (κ2) is 10.2. The van der Waals surface area contributed by atoms with Crippen LogP contribution in [0.15, 0.2) is 77.9 Å². The van der Waals surface area contributed by atoms with Crippen molar-refractivity contribution >= 4 is 35.3 Å². The monoisotopic (exact) mass is 421 g/mol. The van der Waals surface area contributed by atoms with Crippen LogP contribution in [0.4, 0.5) is 5.69 Å². The summed E-state index contributed by atoms with van der Waals surface area (Å²) in [6.07, 6.45) is 1.55. The van der Waals surface area contributed by atoms with E-state index in [1.165, 1.54) is 6.92 Å². The van der Waals surface area contributed by atoms with Crippen molar-refractivity contribution in [2.24, 2.45) is 5.10 Å². The Labute approximate surface area is 179 Å². The molecule has 0 radical (unpaired) electrons. The molecule has 0 bridgehead atoms. The topological polar surface area (TPSA) is 79.8 Å². The van der Waals surface area contributed by atoms with E-state index in [9.17, 15) is 9.59 Å². The minimum Gasteiger partial charge on any atom is -0.489 e. The van der Waals surface area contributed by atoms with Gasteiger partial charge in [-0.15, -0.1) is 0 Å². The van der Waals surface area contributed by atoms with Crippen molar-refractivity contribution in [3.8, 4) is 5.75 Å². The van der Waals surface area contributed by atoms with Crippen molar-refractivity contribution in [3.05, 3.63) is 94.5 Å². The third-order valence-electron chi connectivity index (χ3n) is 4.02. The molecular formula is C23H20ClN3O3. The second-order valence-electron chi connectivity index (χ2n) is 6.45. The lowest BCUT2D eigenvalue weighted by Gasteiger charge is -2.07. The summed E-state index contributed by atoms with van der Waals surface area (Å²) in [5.41, 5.74) is 5.33. The molecule has 0 unspecified atom stereocenters. The van der Waals surface area contributed by atoms with E-state index >= 15 is 0 Å². The molecule has 0 aliphatic rings. The van der Waals surface area contributed by atoms with Crippen molar-refractivity contribution in [1.29, 1.82) is 0 Å². The zero-order chi connectivity index (χ0) is 21.3. The minimum absolute atomic E-state index is 0.169. The molecule has 3 aromatic carbocycles. The van der Waals surface area contributed by atoms with Gasteiger partial charge < -0.3 is 10.1 Å². The molecule has 30 heavy (non-hydrogen) atoms. The van der Waals surface area contributed by atoms with Crippen LogP contribution in [0.25, 0.3) is 0 Å². The minimum atomic E-state index is -0.345. The standard InChI is InChI=1S/C23H20ClN3O3/c1-16(28)26-21-9-7-19(8-10-21)23(29)27-25-14-17-5-11-22(12-6-17)30-15-18-3-2-4-20(24)13-18/h2-14H,15H2,1H3,(H,26,28)(H,27,29). The van der Waals surface area contributed by atoms with E-state index in [-0.39, 0.29) is 11.8 Å². The highest BCUT2D eigenvalue weighted by molar-refractivity contribution is 6.30. The van der Waals surface area contributed by atoms with E-state index in [4.69, 9.17) is 16.3 Å². The summed E-state index contributed by atoms with van der Waals surface area (Å²) < 4.78 is 5.74. The van der Waals surface area contributed by atoms with Crippen molar-refractivity contribution < 1.29 is 14.3 Å². The number of benzene rings is 3. The van der Waals surface area contributed by atoms with E-state index in [0.717, 1.165) is 16.9 Å². The van der Waals surface area contributed by atoms with Gasteiger partial charge in [-0.2, -0.15) is 5.10 Å². The summed E-state index contributed by atoms with van der Waals surface area (Å²) in [7, 11) is 0. The van der Waals surface area contributed by atoms with E-state index in [1.807, 2.05) is 48.5 Å². The Balaban J connectivity index is 1.49. The van der Waals surface area contributed by atoms with Gasteiger partial charge >= 0.3 is 0 Å². The molecule has 0 heterocycles. The van der Waals surface area contributed by atoms with Crippen LogP contribution >= 0.6 is 11.6 Å². The summed E-state index contributed by atoms with van der Waals surface area (Å²) in [4.78, 5) is 23.1. The Kier molecular flexibility index (Phi) is 7.19. The SMILES string of the molecule is CC(=O)Nc1ccc(C(=O)NN=Cc2ccc(OCc3cccc(Cl)c3)cc2)cc1. The first-order valence-electron chi connectivity index (χ1n) is 9.18. The highest BCUT2D eigenvalue weighted by atomic mass is 35.5. The van der Waals surface area contributed by atoms with Crippen molar-refractivity contribution in [3.63, 3.8) is 0 Å². The molecule has 0 atom stereocenters. The van der Waals surface area contributed by atoms with Crippen LogP contribution in [0.1, 0.15) is 28.4 Å². The summed E-state index contributed by atoms with van der Waals surface area (Å²) in [5, 5.41) is 7.29. The van der Waals surface area contributed by atoms with Crippen molar-refractivity contribution in [2.45, 2.75) is 13.5 Å². The third-order valence-corrected chi connectivity index (χ3v) is 4.26. The third kappa shape index (κ3) is 6.46. The molecule has 7 heteroatoms. The molecule has 2 N–H and O–H groups in total. The number of hydrogen-bond acceptors (Lipinski definition) is 4. The van der Waals surface area contributed by atoms with Gasteiger partial charge in [-0.25, -0.2) is 5.43 Å². The smallest absolute Gasteiger partial charge is 0.271 e. The van der Waals surface area contributed by atoms with Gasteiger partial charge in [-0.1, -0.05) is 23.7 Å². The molecule has 0 saturated heterocycles. The number of anilines is 1. The first-order valence-corrected chi connectivity index (χ1v) is 9.56. The van der Waals surface area contributed by atoms with Crippen LogP contribution in [0, 0.1) is 0 Å². The molecule has 152 valence electrons. The fourth-order valence-electron chi connectivity index (χ4n) is 2.58. The lowest BCUT2D eigenvalue weighted by Crippen LogP contribution is -2.17. The molecule has 0 spiro atoms. The summed E-state index contributed by atoms with van der Waals surface area (Å²) >= 11 is 5.97. The lowest BCUT2D eigenvalue weighted by molar-refractivity contribution is -0.114. The highest BCUT2D eigenvalue weighted by Crippen LogP contribution is 2.16. The summed E-state index contributed by atoms with van der Waals surface area (Å²) in [6, 6.07) is 21.4. The first kappa shape index (κ1) is 21.1. The molecule has 3 rings (SSSR count). The average molecular weight is 422 g/mol. The van der Waals surface area contributed by atoms with E-state index in [2.05, 4.69) is 15.8 Å². The van der Waals surface area contributed by atoms with Crippen LogP contribution in [0.3, 0.4) is 0 Å². The van der Waals surface area contributed by atoms with Crippen LogP contribution in [-0.2, 0) is 11.4 Å². The Morgan fingerprint density at radius 3 is 2.43 bits per heavy atom. The van der Waals surface area contributed by atoms with Gasteiger partial charge in [0.2, 0.25) is 5.91 Å². The van der Waals surface area contributed by atoms with Crippen molar-refractivity contribution in [2.75, 3.05) is 5.32 Å². The largest absolute Gasteiger partial charge is 0.489 e. The van der Waals surface area contributed by atoms with E-state index < -0.39 is 0 Å². The number of ether oxygens (including phenoxy) is 1. The normalized spacial score (nSPS) is 10.6. The number of rotatable bonds is 7. The number of amides is 2. The zero-order valence-electron chi connectivity index (χ0n) is 16.3. The molecule has 0 fully saturated rings. The van der Waals surface area contributed by atoms with Gasteiger partial charge in [0.05, 0.1) is 6.21 Å². The molecule has 0 saturated carbocycles. The van der Waals surface area contributed by atoms with Gasteiger partial charge in [0, 0.05) is 23.2 Å². The number of carbonyl (C=O) groups is 2. The average Bonchev–Trinajstić information content (AvgIpc) is 2.73. The van der Waals surface area contributed by atoms with Crippen LogP contribution in [0.2, 0.25) is 5.02 Å². The molecule has 2 amide bonds. The summed E-state index contributed by atoms with van der Waals surface area (Å²) in [5.74, 6) is 0.204. The predicted octanol–water partition coefficient (Wildman–Crippen LogP) is 4.64. The molecule has 0 aliphatic heterocycles. The van der Waals surface area contributed by atoms with Gasteiger partial charge in [0.1, 0.15) is 12.4 Å². The Bertz CT molecular complexity index is 1050. The number of nitrogens with one attached hydrogen (secondary N) is 2.